The quantitative estimate of drug-likeness (QED) is 0.528. The van der Waals surface area contributed by atoms with Crippen LogP contribution in [-0.2, 0) is 26.4 Å². The van der Waals surface area contributed by atoms with Crippen LogP contribution in [0.1, 0.15) is 22.8 Å². The molecule has 7 nitrogen and oxygen atoms in total. The van der Waals surface area contributed by atoms with Crippen LogP contribution in [0, 0.1) is 0 Å². The van der Waals surface area contributed by atoms with Crippen molar-refractivity contribution in [2.75, 3.05) is 20.3 Å². The molecule has 1 aromatic heterocycles. The van der Waals surface area contributed by atoms with Crippen molar-refractivity contribution in [3.05, 3.63) is 47.8 Å². The summed E-state index contributed by atoms with van der Waals surface area (Å²) in [4.78, 5) is 12.5. The number of nitrogens with zero attached hydrogens (tertiary/aromatic N) is 2. The van der Waals surface area contributed by atoms with Crippen LogP contribution in [-0.4, -0.2) is 49.7 Å². The first-order valence-electron chi connectivity index (χ1n) is 7.34. The van der Waals surface area contributed by atoms with Gasteiger partial charge in [-0.05, 0) is 19.1 Å². The summed E-state index contributed by atoms with van der Waals surface area (Å²) in [6, 6.07) is 5.93. The highest BCUT2D eigenvalue weighted by Crippen LogP contribution is 2.20. The standard InChI is InChI=1S/C16H20N2O5S/c1-12(23-8-7-22-3)24(20,21)15-6-4-5-13(9-15)16(19)14-10-17-18(2)11-14/h4-6,9-12H,7-8H2,1-3H3. The summed E-state index contributed by atoms with van der Waals surface area (Å²) in [6.07, 6.45) is 3.03. The molecule has 0 saturated carbocycles. The maximum atomic E-state index is 12.5. The van der Waals surface area contributed by atoms with E-state index < -0.39 is 15.3 Å². The van der Waals surface area contributed by atoms with E-state index in [1.54, 1.807) is 25.4 Å². The normalized spacial score (nSPS) is 13.0. The smallest absolute Gasteiger partial charge is 0.204 e. The van der Waals surface area contributed by atoms with E-state index in [1.807, 2.05) is 0 Å². The lowest BCUT2D eigenvalue weighted by Crippen LogP contribution is -2.23. The minimum Gasteiger partial charge on any atom is -0.382 e. The zero-order chi connectivity index (χ0) is 17.7. The molecule has 2 aromatic rings. The average Bonchev–Trinajstić information content (AvgIpc) is 3.00. The maximum absolute atomic E-state index is 12.5. The van der Waals surface area contributed by atoms with Gasteiger partial charge in [0.2, 0.25) is 9.84 Å². The number of benzene rings is 1. The summed E-state index contributed by atoms with van der Waals surface area (Å²) in [7, 11) is -0.488. The van der Waals surface area contributed by atoms with Crippen LogP contribution in [0.15, 0.2) is 41.6 Å². The number of ketones is 1. The second-order valence-corrected chi connectivity index (χ2v) is 7.46. The molecule has 0 fully saturated rings. The predicted molar refractivity (Wildman–Crippen MR) is 87.6 cm³/mol. The Bertz CT molecular complexity index is 813. The third kappa shape index (κ3) is 4.08. The molecule has 0 spiro atoms. The number of ether oxygens (including phenoxy) is 2. The van der Waals surface area contributed by atoms with E-state index in [9.17, 15) is 13.2 Å². The molecule has 0 N–H and O–H groups in total. The van der Waals surface area contributed by atoms with Crippen molar-refractivity contribution in [2.24, 2.45) is 7.05 Å². The molecular formula is C16H20N2O5S. The molecule has 1 unspecified atom stereocenters. The van der Waals surface area contributed by atoms with E-state index in [2.05, 4.69) is 5.10 Å². The summed E-state index contributed by atoms with van der Waals surface area (Å²) in [5.74, 6) is -0.284. The van der Waals surface area contributed by atoms with E-state index in [0.29, 0.717) is 12.2 Å². The highest BCUT2D eigenvalue weighted by atomic mass is 32.2. The third-order valence-electron chi connectivity index (χ3n) is 3.47. The second kappa shape index (κ2) is 7.69. The zero-order valence-corrected chi connectivity index (χ0v) is 14.6. The van der Waals surface area contributed by atoms with Gasteiger partial charge in [0.25, 0.3) is 0 Å². The number of carbonyl (C=O) groups is 1. The molecule has 2 rings (SSSR count). The molecule has 8 heteroatoms. The average molecular weight is 352 g/mol. The topological polar surface area (TPSA) is 87.5 Å². The molecule has 1 aromatic carbocycles. The zero-order valence-electron chi connectivity index (χ0n) is 13.8. The fourth-order valence-electron chi connectivity index (χ4n) is 2.10. The van der Waals surface area contributed by atoms with Crippen molar-refractivity contribution < 1.29 is 22.7 Å². The van der Waals surface area contributed by atoms with Crippen LogP contribution in [0.3, 0.4) is 0 Å². The van der Waals surface area contributed by atoms with Gasteiger partial charge in [-0.1, -0.05) is 12.1 Å². The van der Waals surface area contributed by atoms with Crippen molar-refractivity contribution in [1.29, 1.82) is 0 Å². The summed E-state index contributed by atoms with van der Waals surface area (Å²) in [6.45, 7) is 1.94. The first-order chi connectivity index (χ1) is 11.4. The predicted octanol–water partition coefficient (Wildman–Crippen LogP) is 1.43. The summed E-state index contributed by atoms with van der Waals surface area (Å²) < 4.78 is 36.7. The Balaban J connectivity index is 2.24. The van der Waals surface area contributed by atoms with Gasteiger partial charge < -0.3 is 9.47 Å². The minimum atomic E-state index is -3.70. The van der Waals surface area contributed by atoms with Crippen LogP contribution >= 0.6 is 0 Å². The van der Waals surface area contributed by atoms with Crippen molar-refractivity contribution in [3.8, 4) is 0 Å². The van der Waals surface area contributed by atoms with Gasteiger partial charge >= 0.3 is 0 Å². The van der Waals surface area contributed by atoms with E-state index >= 15 is 0 Å². The molecule has 1 heterocycles. The molecule has 0 bridgehead atoms. The molecule has 0 aliphatic carbocycles. The van der Waals surface area contributed by atoms with Crippen molar-refractivity contribution in [2.45, 2.75) is 17.3 Å². The Morgan fingerprint density at radius 3 is 2.67 bits per heavy atom. The SMILES string of the molecule is COCCOC(C)S(=O)(=O)c1cccc(C(=O)c2cnn(C)c2)c1. The first-order valence-corrected chi connectivity index (χ1v) is 8.88. The van der Waals surface area contributed by atoms with E-state index in [1.165, 1.54) is 37.0 Å². The number of aromatic nitrogens is 2. The van der Waals surface area contributed by atoms with Crippen molar-refractivity contribution >= 4 is 15.6 Å². The Labute approximate surface area is 141 Å². The Hall–Kier alpha value is -2.03. The Kier molecular flexibility index (Phi) is 5.87. The maximum Gasteiger partial charge on any atom is 0.204 e. The molecule has 0 aliphatic rings. The first kappa shape index (κ1) is 18.3. The van der Waals surface area contributed by atoms with E-state index in [-0.39, 0.29) is 22.8 Å². The number of aryl methyl sites for hydroxylation is 1. The van der Waals surface area contributed by atoms with Crippen LogP contribution in [0.2, 0.25) is 0 Å². The van der Waals surface area contributed by atoms with Gasteiger partial charge in [0.05, 0.1) is 29.9 Å². The summed E-state index contributed by atoms with van der Waals surface area (Å²) >= 11 is 0. The molecule has 0 amide bonds. The number of rotatable bonds is 8. The van der Waals surface area contributed by atoms with Gasteiger partial charge in [-0.2, -0.15) is 5.10 Å². The third-order valence-corrected chi connectivity index (χ3v) is 5.39. The lowest BCUT2D eigenvalue weighted by Gasteiger charge is -2.14. The van der Waals surface area contributed by atoms with Gasteiger partial charge in [0, 0.05) is 25.9 Å². The van der Waals surface area contributed by atoms with Crippen molar-refractivity contribution in [3.63, 3.8) is 0 Å². The highest BCUT2D eigenvalue weighted by Gasteiger charge is 2.25. The number of carbonyl (C=O) groups excluding carboxylic acids is 1. The van der Waals surface area contributed by atoms with E-state index in [4.69, 9.17) is 9.47 Å². The monoisotopic (exact) mass is 352 g/mol. The van der Waals surface area contributed by atoms with Crippen LogP contribution in [0.25, 0.3) is 0 Å². The lowest BCUT2D eigenvalue weighted by molar-refractivity contribution is 0.0600. The molecule has 0 aliphatic heterocycles. The van der Waals surface area contributed by atoms with Gasteiger partial charge in [-0.25, -0.2) is 8.42 Å². The Morgan fingerprint density at radius 2 is 2.04 bits per heavy atom. The molecule has 130 valence electrons. The summed E-state index contributed by atoms with van der Waals surface area (Å²) in [5.41, 5.74) is -0.346. The number of sulfone groups is 1. The van der Waals surface area contributed by atoms with Gasteiger partial charge in [-0.15, -0.1) is 0 Å². The van der Waals surface area contributed by atoms with Crippen LogP contribution in [0.5, 0.6) is 0 Å². The fourth-order valence-corrected chi connectivity index (χ4v) is 3.32. The fraction of sp³-hybridized carbons (Fsp3) is 0.375. The van der Waals surface area contributed by atoms with Gasteiger partial charge in [0.15, 0.2) is 11.2 Å². The molecule has 1 atom stereocenters. The molecule has 0 saturated heterocycles. The van der Waals surface area contributed by atoms with Crippen LogP contribution in [0.4, 0.5) is 0 Å². The van der Waals surface area contributed by atoms with Crippen molar-refractivity contribution in [1.82, 2.24) is 9.78 Å². The second-order valence-electron chi connectivity index (χ2n) is 5.24. The lowest BCUT2D eigenvalue weighted by atomic mass is 10.1. The number of hydrogen-bond acceptors (Lipinski definition) is 6. The molecular weight excluding hydrogens is 332 g/mol. The largest absolute Gasteiger partial charge is 0.382 e. The van der Waals surface area contributed by atoms with Crippen LogP contribution < -0.4 is 0 Å². The Morgan fingerprint density at radius 1 is 1.29 bits per heavy atom. The highest BCUT2D eigenvalue weighted by molar-refractivity contribution is 7.91. The molecule has 24 heavy (non-hydrogen) atoms. The number of hydrogen-bond donors (Lipinski definition) is 0. The van der Waals surface area contributed by atoms with E-state index in [0.717, 1.165) is 0 Å². The summed E-state index contributed by atoms with van der Waals surface area (Å²) in [5, 5.41) is 3.95. The van der Waals surface area contributed by atoms with Gasteiger partial charge in [0.1, 0.15) is 0 Å². The number of methoxy groups -OCH3 is 1. The molecule has 0 radical (unpaired) electrons. The minimum absolute atomic E-state index is 0.0437. The van der Waals surface area contributed by atoms with Gasteiger partial charge in [-0.3, -0.25) is 9.48 Å².